The van der Waals surface area contributed by atoms with Crippen molar-refractivity contribution in [2.75, 3.05) is 25.1 Å². The first-order chi connectivity index (χ1) is 9.31. The van der Waals surface area contributed by atoms with E-state index >= 15 is 0 Å². The summed E-state index contributed by atoms with van der Waals surface area (Å²) < 4.78 is 43.5. The molecule has 0 aliphatic carbocycles. The summed E-state index contributed by atoms with van der Waals surface area (Å²) in [5.74, 6) is 0.543. The maximum absolute atomic E-state index is 12.7. The number of methoxy groups -OCH3 is 1. The number of aromatic nitrogens is 2. The molecule has 0 bridgehead atoms. The van der Waals surface area contributed by atoms with Gasteiger partial charge in [-0.2, -0.15) is 13.2 Å². The summed E-state index contributed by atoms with van der Waals surface area (Å²) in [6.45, 7) is 3.16. The molecule has 2 unspecified atom stereocenters. The number of halogens is 4. The van der Waals surface area contributed by atoms with Crippen LogP contribution >= 0.6 is 11.6 Å². The number of piperidine rings is 1. The zero-order valence-corrected chi connectivity index (χ0v) is 11.9. The second-order valence-corrected chi connectivity index (χ2v) is 5.20. The van der Waals surface area contributed by atoms with Gasteiger partial charge in [-0.25, -0.2) is 9.97 Å². The van der Waals surface area contributed by atoms with Crippen LogP contribution in [-0.2, 0) is 10.9 Å². The van der Waals surface area contributed by atoms with Gasteiger partial charge in [-0.15, -0.1) is 0 Å². The van der Waals surface area contributed by atoms with Crippen molar-refractivity contribution < 1.29 is 17.9 Å². The van der Waals surface area contributed by atoms with Crippen LogP contribution in [0.2, 0.25) is 5.28 Å². The maximum atomic E-state index is 12.7. The Hall–Kier alpha value is -1.08. The van der Waals surface area contributed by atoms with Crippen LogP contribution in [0.3, 0.4) is 0 Å². The molecule has 2 heterocycles. The van der Waals surface area contributed by atoms with E-state index in [4.69, 9.17) is 16.3 Å². The molecule has 0 amide bonds. The highest BCUT2D eigenvalue weighted by Crippen LogP contribution is 2.31. The van der Waals surface area contributed by atoms with Crippen LogP contribution in [0, 0.1) is 5.92 Å². The first-order valence-electron chi connectivity index (χ1n) is 6.20. The van der Waals surface area contributed by atoms with E-state index in [1.807, 2.05) is 0 Å². The Bertz CT molecular complexity index is 484. The van der Waals surface area contributed by atoms with Crippen LogP contribution in [0.1, 0.15) is 19.0 Å². The Labute approximate surface area is 119 Å². The van der Waals surface area contributed by atoms with Gasteiger partial charge in [-0.1, -0.05) is 6.92 Å². The largest absolute Gasteiger partial charge is 0.433 e. The third-order valence-electron chi connectivity index (χ3n) is 3.49. The van der Waals surface area contributed by atoms with Gasteiger partial charge in [0, 0.05) is 26.3 Å². The molecule has 112 valence electrons. The Morgan fingerprint density at radius 1 is 1.40 bits per heavy atom. The summed E-state index contributed by atoms with van der Waals surface area (Å²) in [4.78, 5) is 8.86. The van der Waals surface area contributed by atoms with Crippen LogP contribution in [0.5, 0.6) is 0 Å². The summed E-state index contributed by atoms with van der Waals surface area (Å²) in [5.41, 5.74) is -1.03. The minimum atomic E-state index is -4.54. The minimum Gasteiger partial charge on any atom is -0.379 e. The van der Waals surface area contributed by atoms with Gasteiger partial charge in [0.25, 0.3) is 0 Å². The molecule has 1 aromatic rings. The van der Waals surface area contributed by atoms with Crippen molar-refractivity contribution in [2.45, 2.75) is 25.6 Å². The molecule has 1 aliphatic heterocycles. The van der Waals surface area contributed by atoms with Crippen molar-refractivity contribution in [1.29, 1.82) is 0 Å². The number of hydrogen-bond donors (Lipinski definition) is 0. The summed E-state index contributed by atoms with van der Waals surface area (Å²) in [6.07, 6.45) is -3.75. The Morgan fingerprint density at radius 3 is 2.70 bits per heavy atom. The monoisotopic (exact) mass is 309 g/mol. The maximum Gasteiger partial charge on any atom is 0.433 e. The number of ether oxygens (including phenoxy) is 1. The lowest BCUT2D eigenvalue weighted by Gasteiger charge is -2.37. The van der Waals surface area contributed by atoms with Gasteiger partial charge >= 0.3 is 6.18 Å². The average molecular weight is 310 g/mol. The lowest BCUT2D eigenvalue weighted by atomic mass is 9.96. The Balaban J connectivity index is 2.27. The number of rotatable bonds is 2. The number of hydrogen-bond acceptors (Lipinski definition) is 4. The van der Waals surface area contributed by atoms with E-state index < -0.39 is 17.2 Å². The summed E-state index contributed by atoms with van der Waals surface area (Å²) in [7, 11) is 1.60. The molecule has 20 heavy (non-hydrogen) atoms. The van der Waals surface area contributed by atoms with Crippen molar-refractivity contribution in [3.8, 4) is 0 Å². The van der Waals surface area contributed by atoms with E-state index in [0.29, 0.717) is 19.0 Å². The van der Waals surface area contributed by atoms with Gasteiger partial charge in [0.05, 0.1) is 6.10 Å². The van der Waals surface area contributed by atoms with Crippen LogP contribution in [0.4, 0.5) is 19.0 Å². The predicted octanol–water partition coefficient (Wildman–Crippen LogP) is 3.01. The summed E-state index contributed by atoms with van der Waals surface area (Å²) in [6, 6.07) is 0.925. The molecule has 1 aliphatic rings. The zero-order chi connectivity index (χ0) is 14.9. The van der Waals surface area contributed by atoms with Gasteiger partial charge in [-0.3, -0.25) is 0 Å². The molecule has 2 rings (SSSR count). The fraction of sp³-hybridized carbons (Fsp3) is 0.667. The van der Waals surface area contributed by atoms with E-state index in [0.717, 1.165) is 12.5 Å². The first-order valence-corrected chi connectivity index (χ1v) is 6.58. The van der Waals surface area contributed by atoms with Gasteiger partial charge in [-0.05, 0) is 23.9 Å². The number of alkyl halides is 3. The van der Waals surface area contributed by atoms with E-state index in [-0.39, 0.29) is 11.9 Å². The van der Waals surface area contributed by atoms with Gasteiger partial charge in [0.1, 0.15) is 5.82 Å². The van der Waals surface area contributed by atoms with Crippen LogP contribution in [0.15, 0.2) is 6.07 Å². The second-order valence-electron chi connectivity index (χ2n) is 4.86. The molecule has 0 radical (unpaired) electrons. The molecule has 8 heteroatoms. The van der Waals surface area contributed by atoms with Gasteiger partial charge in [0.2, 0.25) is 5.28 Å². The quantitative estimate of drug-likeness (QED) is 0.787. The van der Waals surface area contributed by atoms with Gasteiger partial charge in [0.15, 0.2) is 5.69 Å². The second kappa shape index (κ2) is 5.73. The van der Waals surface area contributed by atoms with Crippen molar-refractivity contribution >= 4 is 17.4 Å². The van der Waals surface area contributed by atoms with Gasteiger partial charge < -0.3 is 9.64 Å². The van der Waals surface area contributed by atoms with Crippen molar-refractivity contribution in [2.24, 2.45) is 5.92 Å². The third-order valence-corrected chi connectivity index (χ3v) is 3.66. The molecular formula is C12H15ClF3N3O. The molecule has 4 nitrogen and oxygen atoms in total. The molecule has 2 atom stereocenters. The zero-order valence-electron chi connectivity index (χ0n) is 11.1. The van der Waals surface area contributed by atoms with Crippen molar-refractivity contribution in [3.05, 3.63) is 17.0 Å². The molecule has 1 saturated heterocycles. The fourth-order valence-electron chi connectivity index (χ4n) is 2.26. The molecule has 1 aromatic heterocycles. The normalized spacial score (nSPS) is 24.0. The number of nitrogens with zero attached hydrogens (tertiary/aromatic N) is 3. The van der Waals surface area contributed by atoms with Crippen LogP contribution in [0.25, 0.3) is 0 Å². The number of anilines is 1. The topological polar surface area (TPSA) is 38.2 Å². The van der Waals surface area contributed by atoms with Crippen molar-refractivity contribution in [3.63, 3.8) is 0 Å². The fourth-order valence-corrected chi connectivity index (χ4v) is 2.44. The molecule has 0 N–H and O–H groups in total. The van der Waals surface area contributed by atoms with Crippen molar-refractivity contribution in [1.82, 2.24) is 9.97 Å². The predicted molar refractivity (Wildman–Crippen MR) is 68.8 cm³/mol. The summed E-state index contributed by atoms with van der Waals surface area (Å²) >= 11 is 5.59. The molecule has 0 spiro atoms. The SMILES string of the molecule is COC1CN(c2cc(C(F)(F)F)nc(Cl)n2)CCC1C. The Kier molecular flexibility index (Phi) is 4.39. The van der Waals surface area contributed by atoms with E-state index in [2.05, 4.69) is 16.9 Å². The van der Waals surface area contributed by atoms with E-state index in [1.165, 1.54) is 0 Å². The smallest absolute Gasteiger partial charge is 0.379 e. The molecule has 0 aromatic carbocycles. The summed E-state index contributed by atoms with van der Waals surface area (Å²) in [5, 5.41) is -0.401. The highest BCUT2D eigenvalue weighted by Gasteiger charge is 2.35. The lowest BCUT2D eigenvalue weighted by Crippen LogP contribution is -2.44. The van der Waals surface area contributed by atoms with Crippen LogP contribution in [-0.4, -0.2) is 36.3 Å². The highest BCUT2D eigenvalue weighted by atomic mass is 35.5. The molecule has 0 saturated carbocycles. The lowest BCUT2D eigenvalue weighted by molar-refractivity contribution is -0.141. The van der Waals surface area contributed by atoms with E-state index in [9.17, 15) is 13.2 Å². The standard InChI is InChI=1S/C12H15ClF3N3O/c1-7-3-4-19(6-8(7)20-2)10-5-9(12(14,15)16)17-11(13)18-10/h5,7-8H,3-4,6H2,1-2H3. The molecular weight excluding hydrogens is 295 g/mol. The third kappa shape index (κ3) is 3.32. The van der Waals surface area contributed by atoms with Crippen LogP contribution < -0.4 is 4.90 Å². The minimum absolute atomic E-state index is 0.0353. The first kappa shape index (κ1) is 15.3. The highest BCUT2D eigenvalue weighted by molar-refractivity contribution is 6.28. The Morgan fingerprint density at radius 2 is 2.10 bits per heavy atom. The molecule has 1 fully saturated rings. The van der Waals surface area contributed by atoms with E-state index in [1.54, 1.807) is 12.0 Å². The average Bonchev–Trinajstić information content (AvgIpc) is 2.37.